The van der Waals surface area contributed by atoms with Crippen LogP contribution in [0.3, 0.4) is 0 Å². The molecule has 0 spiro atoms. The van der Waals surface area contributed by atoms with Crippen molar-refractivity contribution < 1.29 is 9.53 Å². The van der Waals surface area contributed by atoms with E-state index in [9.17, 15) is 4.79 Å². The third kappa shape index (κ3) is 2.75. The SMILES string of the molecule is COC(=O)C1=CN(c2cnnc(-c3ccc4[nH]nc(C)c4c3)n2)C=CN1. The Hall–Kier alpha value is -3.75. The van der Waals surface area contributed by atoms with Gasteiger partial charge < -0.3 is 15.0 Å². The lowest BCUT2D eigenvalue weighted by molar-refractivity contribution is -0.136. The van der Waals surface area contributed by atoms with E-state index in [2.05, 4.69) is 30.7 Å². The smallest absolute Gasteiger partial charge is 0.356 e. The molecule has 0 bridgehead atoms. The van der Waals surface area contributed by atoms with E-state index in [4.69, 9.17) is 4.74 Å². The molecule has 26 heavy (non-hydrogen) atoms. The predicted octanol–water partition coefficient (Wildman–Crippen LogP) is 1.62. The van der Waals surface area contributed by atoms with E-state index in [1.807, 2.05) is 25.1 Å². The number of methoxy groups -OCH3 is 1. The Bertz CT molecular complexity index is 1050. The minimum Gasteiger partial charge on any atom is -0.464 e. The van der Waals surface area contributed by atoms with Crippen LogP contribution in [-0.2, 0) is 9.53 Å². The molecule has 3 aromatic rings. The van der Waals surface area contributed by atoms with Gasteiger partial charge in [-0.05, 0) is 25.1 Å². The van der Waals surface area contributed by atoms with Gasteiger partial charge in [0.25, 0.3) is 0 Å². The number of H-pyrrole nitrogens is 1. The van der Waals surface area contributed by atoms with Gasteiger partial charge in [-0.1, -0.05) is 0 Å². The molecule has 4 rings (SSSR count). The summed E-state index contributed by atoms with van der Waals surface area (Å²) >= 11 is 0. The highest BCUT2D eigenvalue weighted by molar-refractivity contribution is 5.89. The highest BCUT2D eigenvalue weighted by Crippen LogP contribution is 2.24. The third-order valence-electron chi connectivity index (χ3n) is 3.97. The van der Waals surface area contributed by atoms with Gasteiger partial charge >= 0.3 is 5.97 Å². The van der Waals surface area contributed by atoms with Crippen LogP contribution in [0.5, 0.6) is 0 Å². The van der Waals surface area contributed by atoms with E-state index in [0.29, 0.717) is 17.3 Å². The van der Waals surface area contributed by atoms with Crippen LogP contribution in [0.15, 0.2) is 48.7 Å². The maximum absolute atomic E-state index is 11.7. The van der Waals surface area contributed by atoms with E-state index in [1.165, 1.54) is 13.3 Å². The molecule has 0 saturated heterocycles. The lowest BCUT2D eigenvalue weighted by atomic mass is 10.1. The van der Waals surface area contributed by atoms with Gasteiger partial charge in [0.1, 0.15) is 5.70 Å². The number of aromatic amines is 1. The maximum atomic E-state index is 11.7. The van der Waals surface area contributed by atoms with Crippen LogP contribution in [0.2, 0.25) is 0 Å². The standard InChI is InChI=1S/C17H15N7O2/c1-10-12-7-11(3-4-13(12)22-21-10)16-20-15(8-19-23-16)24-6-5-18-14(9-24)17(25)26-2/h3-9,18H,1-2H3,(H,21,22). The van der Waals surface area contributed by atoms with Crippen molar-refractivity contribution in [3.8, 4) is 11.4 Å². The maximum Gasteiger partial charge on any atom is 0.356 e. The van der Waals surface area contributed by atoms with E-state index in [-0.39, 0.29) is 0 Å². The van der Waals surface area contributed by atoms with Crippen molar-refractivity contribution in [1.29, 1.82) is 0 Å². The van der Waals surface area contributed by atoms with E-state index < -0.39 is 5.97 Å². The van der Waals surface area contributed by atoms with Crippen molar-refractivity contribution in [2.24, 2.45) is 0 Å². The van der Waals surface area contributed by atoms with Crippen LogP contribution in [0, 0.1) is 6.92 Å². The minimum absolute atomic E-state index is 0.297. The third-order valence-corrected chi connectivity index (χ3v) is 3.97. The molecule has 0 saturated carbocycles. The Morgan fingerprint density at radius 1 is 1.31 bits per heavy atom. The molecule has 1 aliphatic rings. The number of fused-ring (bicyclic) bond motifs is 1. The number of ether oxygens (including phenoxy) is 1. The first-order chi connectivity index (χ1) is 12.7. The molecular weight excluding hydrogens is 334 g/mol. The van der Waals surface area contributed by atoms with Gasteiger partial charge in [-0.3, -0.25) is 5.10 Å². The average Bonchev–Trinajstić information content (AvgIpc) is 3.08. The van der Waals surface area contributed by atoms with Crippen LogP contribution < -0.4 is 10.2 Å². The number of nitrogens with one attached hydrogen (secondary N) is 2. The van der Waals surface area contributed by atoms with Gasteiger partial charge in [0.2, 0.25) is 0 Å². The van der Waals surface area contributed by atoms with Crippen LogP contribution in [-0.4, -0.2) is 38.5 Å². The molecule has 0 aliphatic carbocycles. The highest BCUT2D eigenvalue weighted by Gasteiger charge is 2.16. The first-order valence-electron chi connectivity index (χ1n) is 7.82. The van der Waals surface area contributed by atoms with Crippen molar-refractivity contribution >= 4 is 22.7 Å². The first-order valence-corrected chi connectivity index (χ1v) is 7.82. The minimum atomic E-state index is -0.470. The zero-order valence-corrected chi connectivity index (χ0v) is 14.1. The molecule has 2 N–H and O–H groups in total. The molecule has 1 aromatic carbocycles. The number of carbonyl (C=O) groups is 1. The molecule has 9 heteroatoms. The summed E-state index contributed by atoms with van der Waals surface area (Å²) in [5, 5.41) is 19.2. The van der Waals surface area contributed by atoms with Crippen LogP contribution in [0.25, 0.3) is 22.3 Å². The molecule has 0 atom stereocenters. The molecule has 9 nitrogen and oxygen atoms in total. The molecule has 0 radical (unpaired) electrons. The van der Waals surface area contributed by atoms with E-state index in [1.54, 1.807) is 23.5 Å². The summed E-state index contributed by atoms with van der Waals surface area (Å²) in [5.74, 6) is 0.533. The zero-order chi connectivity index (χ0) is 18.1. The second-order valence-electron chi connectivity index (χ2n) is 5.61. The van der Waals surface area contributed by atoms with Crippen LogP contribution in [0.4, 0.5) is 5.82 Å². The van der Waals surface area contributed by atoms with Gasteiger partial charge in [-0.25, -0.2) is 9.78 Å². The molecule has 0 fully saturated rings. The number of aromatic nitrogens is 5. The summed E-state index contributed by atoms with van der Waals surface area (Å²) in [6, 6.07) is 5.81. The summed E-state index contributed by atoms with van der Waals surface area (Å²) < 4.78 is 4.72. The van der Waals surface area contributed by atoms with E-state index >= 15 is 0 Å². The van der Waals surface area contributed by atoms with Gasteiger partial charge in [0, 0.05) is 29.5 Å². The molecule has 1 aliphatic heterocycles. The largest absolute Gasteiger partial charge is 0.464 e. The topological polar surface area (TPSA) is 109 Å². The number of rotatable bonds is 3. The summed E-state index contributed by atoms with van der Waals surface area (Å²) in [5.41, 5.74) is 2.98. The highest BCUT2D eigenvalue weighted by atomic mass is 16.5. The van der Waals surface area contributed by atoms with Gasteiger partial charge in [-0.15, -0.1) is 5.10 Å². The fourth-order valence-corrected chi connectivity index (χ4v) is 2.62. The van der Waals surface area contributed by atoms with Gasteiger partial charge in [-0.2, -0.15) is 10.2 Å². The fourth-order valence-electron chi connectivity index (χ4n) is 2.62. The van der Waals surface area contributed by atoms with E-state index in [0.717, 1.165) is 22.2 Å². The number of hydrogen-bond acceptors (Lipinski definition) is 8. The second-order valence-corrected chi connectivity index (χ2v) is 5.61. The number of benzene rings is 1. The number of aryl methyl sites for hydroxylation is 1. The number of anilines is 1. The Labute approximate surface area is 148 Å². The summed E-state index contributed by atoms with van der Waals surface area (Å²) in [4.78, 5) is 17.9. The van der Waals surface area contributed by atoms with Crippen molar-refractivity contribution in [3.63, 3.8) is 0 Å². The molecule has 0 amide bonds. The van der Waals surface area contributed by atoms with Crippen LogP contribution >= 0.6 is 0 Å². The Balaban J connectivity index is 1.71. The Morgan fingerprint density at radius 3 is 3.04 bits per heavy atom. The van der Waals surface area contributed by atoms with Crippen LogP contribution in [0.1, 0.15) is 5.69 Å². The van der Waals surface area contributed by atoms with Crippen molar-refractivity contribution in [3.05, 3.63) is 54.4 Å². The zero-order valence-electron chi connectivity index (χ0n) is 14.1. The lowest BCUT2D eigenvalue weighted by Crippen LogP contribution is -2.26. The van der Waals surface area contributed by atoms with Crippen molar-refractivity contribution in [2.45, 2.75) is 6.92 Å². The van der Waals surface area contributed by atoms with Crippen molar-refractivity contribution in [1.82, 2.24) is 30.7 Å². The number of carbonyl (C=O) groups excluding carboxylic acids is 1. The molecular formula is C17H15N7O2. The quantitative estimate of drug-likeness (QED) is 0.687. The molecule has 130 valence electrons. The second kappa shape index (κ2) is 6.28. The lowest BCUT2D eigenvalue weighted by Gasteiger charge is -2.20. The summed E-state index contributed by atoms with van der Waals surface area (Å²) in [6.45, 7) is 1.93. The van der Waals surface area contributed by atoms with Gasteiger partial charge in [0.05, 0.1) is 24.5 Å². The van der Waals surface area contributed by atoms with Crippen molar-refractivity contribution in [2.75, 3.05) is 12.0 Å². The Morgan fingerprint density at radius 2 is 2.19 bits per heavy atom. The summed E-state index contributed by atoms with van der Waals surface area (Å²) in [6.07, 6.45) is 6.45. The number of nitrogens with zero attached hydrogens (tertiary/aromatic N) is 5. The summed E-state index contributed by atoms with van der Waals surface area (Å²) in [7, 11) is 1.33. The predicted molar refractivity (Wildman–Crippen MR) is 94.5 cm³/mol. The number of hydrogen-bond donors (Lipinski definition) is 2. The Kier molecular flexibility index (Phi) is 3.81. The van der Waals surface area contributed by atoms with Gasteiger partial charge in [0.15, 0.2) is 11.6 Å². The normalized spacial score (nSPS) is 13.5. The first kappa shape index (κ1) is 15.8. The fraction of sp³-hybridized carbons (Fsp3) is 0.118. The average molecular weight is 349 g/mol. The molecule has 0 unspecified atom stereocenters. The molecule has 3 heterocycles. The monoisotopic (exact) mass is 349 g/mol. The molecule has 2 aromatic heterocycles. The number of esters is 1.